The van der Waals surface area contributed by atoms with Crippen molar-refractivity contribution in [3.8, 4) is 0 Å². The minimum absolute atomic E-state index is 0.365. The number of hydrogen-bond acceptors (Lipinski definition) is 3. The van der Waals surface area contributed by atoms with Crippen LogP contribution in [0.2, 0.25) is 0 Å². The fraction of sp³-hybridized carbons (Fsp3) is 0.409. The van der Waals surface area contributed by atoms with Crippen molar-refractivity contribution in [1.82, 2.24) is 10.6 Å². The summed E-state index contributed by atoms with van der Waals surface area (Å²) in [5, 5.41) is 17.3. The minimum atomic E-state index is -0.982. The summed E-state index contributed by atoms with van der Waals surface area (Å²) in [5.41, 5.74) is 2.17. The highest BCUT2D eigenvalue weighted by Crippen LogP contribution is 2.19. The van der Waals surface area contributed by atoms with E-state index in [1.807, 2.05) is 56.3 Å². The maximum atomic E-state index is 10.8. The molecule has 5 heteroatoms. The number of rotatable bonds is 9. The molecule has 0 saturated heterocycles. The van der Waals surface area contributed by atoms with E-state index in [9.17, 15) is 5.11 Å². The van der Waals surface area contributed by atoms with Crippen LogP contribution in [0.4, 0.5) is 0 Å². The molecule has 0 heterocycles. The van der Waals surface area contributed by atoms with Crippen LogP contribution < -0.4 is 10.6 Å². The fourth-order valence-corrected chi connectivity index (χ4v) is 2.73. The molecule has 1 unspecified atom stereocenters. The van der Waals surface area contributed by atoms with Crippen molar-refractivity contribution in [2.24, 2.45) is 4.99 Å². The van der Waals surface area contributed by atoms with Crippen molar-refractivity contribution in [1.29, 1.82) is 0 Å². The van der Waals surface area contributed by atoms with Crippen LogP contribution in [0.25, 0.3) is 0 Å². The summed E-state index contributed by atoms with van der Waals surface area (Å²) in [5.74, 6) is 0.680. The molecule has 146 valence electrons. The van der Waals surface area contributed by atoms with Crippen LogP contribution in [-0.4, -0.2) is 30.8 Å². The van der Waals surface area contributed by atoms with Gasteiger partial charge in [0.2, 0.25) is 0 Å². The third kappa shape index (κ3) is 6.70. The lowest BCUT2D eigenvalue weighted by atomic mass is 9.96. The van der Waals surface area contributed by atoms with Gasteiger partial charge in [-0.15, -0.1) is 0 Å². The zero-order valence-electron chi connectivity index (χ0n) is 16.5. The van der Waals surface area contributed by atoms with Gasteiger partial charge in [-0.25, -0.2) is 4.99 Å². The fourth-order valence-electron chi connectivity index (χ4n) is 2.73. The van der Waals surface area contributed by atoms with Gasteiger partial charge < -0.3 is 20.5 Å². The Morgan fingerprint density at radius 1 is 1.00 bits per heavy atom. The molecule has 0 radical (unpaired) electrons. The Morgan fingerprint density at radius 3 is 2.33 bits per heavy atom. The molecular formula is C22H31N3O2. The first-order valence-electron chi connectivity index (χ1n) is 9.51. The lowest BCUT2D eigenvalue weighted by molar-refractivity contribution is 0.0617. The van der Waals surface area contributed by atoms with Crippen LogP contribution >= 0.6 is 0 Å². The molecule has 0 aromatic heterocycles. The van der Waals surface area contributed by atoms with E-state index in [4.69, 9.17) is 4.74 Å². The lowest BCUT2D eigenvalue weighted by Gasteiger charge is -2.25. The Bertz CT molecular complexity index is 715. The number of nitrogens with one attached hydrogen (secondary N) is 2. The lowest BCUT2D eigenvalue weighted by Crippen LogP contribution is -2.44. The topological polar surface area (TPSA) is 65.9 Å². The maximum absolute atomic E-state index is 10.8. The van der Waals surface area contributed by atoms with Crippen LogP contribution in [0.15, 0.2) is 59.6 Å². The number of benzene rings is 2. The molecule has 2 rings (SSSR count). The summed E-state index contributed by atoms with van der Waals surface area (Å²) in [6.45, 7) is 8.76. The number of hydrogen-bond donors (Lipinski definition) is 3. The molecule has 0 saturated carbocycles. The predicted molar refractivity (Wildman–Crippen MR) is 111 cm³/mol. The first-order chi connectivity index (χ1) is 13.1. The van der Waals surface area contributed by atoms with E-state index in [0.717, 1.165) is 23.2 Å². The zero-order chi connectivity index (χ0) is 19.5. The molecule has 0 fully saturated rings. The first kappa shape index (κ1) is 20.9. The Hall–Kier alpha value is -2.37. The van der Waals surface area contributed by atoms with Gasteiger partial charge in [0.25, 0.3) is 0 Å². The maximum Gasteiger partial charge on any atom is 0.191 e. The molecule has 3 N–H and O–H groups in total. The van der Waals surface area contributed by atoms with Crippen molar-refractivity contribution in [3.05, 3.63) is 71.3 Å². The number of nitrogens with zero attached hydrogens (tertiary/aromatic N) is 1. The molecule has 2 aromatic rings. The average molecular weight is 370 g/mol. The van der Waals surface area contributed by atoms with Gasteiger partial charge in [0, 0.05) is 13.2 Å². The second-order valence-electron chi connectivity index (χ2n) is 6.59. The quantitative estimate of drug-likeness (QED) is 0.469. The van der Waals surface area contributed by atoms with Gasteiger partial charge in [-0.1, -0.05) is 54.6 Å². The molecule has 0 spiro atoms. The van der Waals surface area contributed by atoms with Crippen LogP contribution in [0.3, 0.4) is 0 Å². The minimum Gasteiger partial charge on any atom is -0.384 e. The Balaban J connectivity index is 2.04. The van der Waals surface area contributed by atoms with Crippen LogP contribution in [-0.2, 0) is 23.5 Å². The third-order valence-corrected chi connectivity index (χ3v) is 4.33. The van der Waals surface area contributed by atoms with Gasteiger partial charge in [0.1, 0.15) is 5.60 Å². The summed E-state index contributed by atoms with van der Waals surface area (Å²) >= 11 is 0. The van der Waals surface area contributed by atoms with Gasteiger partial charge >= 0.3 is 0 Å². The summed E-state index contributed by atoms with van der Waals surface area (Å²) in [6.07, 6.45) is 0. The van der Waals surface area contributed by atoms with Gasteiger partial charge in [-0.3, -0.25) is 0 Å². The monoisotopic (exact) mass is 369 g/mol. The van der Waals surface area contributed by atoms with Crippen molar-refractivity contribution < 1.29 is 9.84 Å². The van der Waals surface area contributed by atoms with Crippen LogP contribution in [0.1, 0.15) is 37.5 Å². The van der Waals surface area contributed by atoms with Crippen molar-refractivity contribution in [2.45, 2.75) is 39.5 Å². The molecule has 5 nitrogen and oxygen atoms in total. The van der Waals surface area contributed by atoms with Crippen molar-refractivity contribution >= 4 is 5.96 Å². The number of aliphatic imine (C=N–C) groups is 1. The molecule has 27 heavy (non-hydrogen) atoms. The smallest absolute Gasteiger partial charge is 0.191 e. The average Bonchev–Trinajstić information content (AvgIpc) is 2.70. The molecule has 0 aliphatic carbocycles. The van der Waals surface area contributed by atoms with E-state index < -0.39 is 5.60 Å². The number of guanidine groups is 1. The van der Waals surface area contributed by atoms with E-state index in [2.05, 4.69) is 27.8 Å². The van der Waals surface area contributed by atoms with Gasteiger partial charge in [-0.05, 0) is 37.5 Å². The normalized spacial score (nSPS) is 13.9. The zero-order valence-corrected chi connectivity index (χ0v) is 16.5. The van der Waals surface area contributed by atoms with E-state index >= 15 is 0 Å². The van der Waals surface area contributed by atoms with E-state index in [-0.39, 0.29) is 0 Å². The largest absolute Gasteiger partial charge is 0.384 e. The highest BCUT2D eigenvalue weighted by atomic mass is 16.5. The second-order valence-corrected chi connectivity index (χ2v) is 6.59. The SMILES string of the molecule is CCNC(=NCc1ccccc1COCC)NCC(C)(O)c1ccccc1. The molecule has 2 aromatic carbocycles. The standard InChI is InChI=1S/C22H31N3O2/c1-4-23-21(25-17-22(3,26)20-13-7-6-8-14-20)24-15-18-11-9-10-12-19(18)16-27-5-2/h6-14,26H,4-5,15-17H2,1-3H3,(H2,23,24,25). The summed E-state index contributed by atoms with van der Waals surface area (Å²) in [7, 11) is 0. The van der Waals surface area contributed by atoms with Gasteiger partial charge in [0.05, 0.1) is 19.7 Å². The predicted octanol–water partition coefficient (Wildman–Crippen LogP) is 3.19. The molecular weight excluding hydrogens is 338 g/mol. The second kappa shape index (κ2) is 10.7. The van der Waals surface area contributed by atoms with E-state index in [1.54, 1.807) is 6.92 Å². The van der Waals surface area contributed by atoms with Crippen molar-refractivity contribution in [2.75, 3.05) is 19.7 Å². The van der Waals surface area contributed by atoms with E-state index in [1.165, 1.54) is 0 Å². The summed E-state index contributed by atoms with van der Waals surface area (Å²) in [4.78, 5) is 4.68. The molecule has 0 bridgehead atoms. The first-order valence-corrected chi connectivity index (χ1v) is 9.51. The van der Waals surface area contributed by atoms with Crippen molar-refractivity contribution in [3.63, 3.8) is 0 Å². The summed E-state index contributed by atoms with van der Waals surface area (Å²) < 4.78 is 5.54. The molecule has 0 aliphatic rings. The highest BCUT2D eigenvalue weighted by Gasteiger charge is 2.22. The molecule has 1 atom stereocenters. The summed E-state index contributed by atoms with van der Waals surface area (Å²) in [6, 6.07) is 17.8. The van der Waals surface area contributed by atoms with Crippen LogP contribution in [0, 0.1) is 0 Å². The van der Waals surface area contributed by atoms with Gasteiger partial charge in [0.15, 0.2) is 5.96 Å². The number of ether oxygens (including phenoxy) is 1. The molecule has 0 amide bonds. The van der Waals surface area contributed by atoms with E-state index in [0.29, 0.717) is 32.3 Å². The Kier molecular flexibility index (Phi) is 8.30. The highest BCUT2D eigenvalue weighted by molar-refractivity contribution is 5.79. The third-order valence-electron chi connectivity index (χ3n) is 4.33. The van der Waals surface area contributed by atoms with Crippen LogP contribution in [0.5, 0.6) is 0 Å². The number of aliphatic hydroxyl groups is 1. The Morgan fingerprint density at radius 2 is 1.67 bits per heavy atom. The Labute approximate surface area is 162 Å². The molecule has 0 aliphatic heterocycles. The van der Waals surface area contributed by atoms with Gasteiger partial charge in [-0.2, -0.15) is 0 Å².